The van der Waals surface area contributed by atoms with Gasteiger partial charge in [-0.2, -0.15) is 0 Å². The molecular weight excluding hydrogens is 252 g/mol. The Balaban J connectivity index is 1.93. The summed E-state index contributed by atoms with van der Waals surface area (Å²) >= 11 is 0. The number of hydrogen-bond acceptors (Lipinski definition) is 3. The maximum atomic E-state index is 12.7. The van der Waals surface area contributed by atoms with Crippen molar-refractivity contribution in [1.29, 1.82) is 0 Å². The fraction of sp³-hybridized carbons (Fsp3) is 0.529. The van der Waals surface area contributed by atoms with Crippen molar-refractivity contribution in [3.05, 3.63) is 35.9 Å². The molecule has 106 valence electrons. The van der Waals surface area contributed by atoms with E-state index in [0.717, 1.165) is 24.8 Å². The van der Waals surface area contributed by atoms with E-state index in [2.05, 4.69) is 0 Å². The van der Waals surface area contributed by atoms with Gasteiger partial charge in [0, 0.05) is 18.3 Å². The van der Waals surface area contributed by atoms with Crippen molar-refractivity contribution in [1.82, 2.24) is 0 Å². The van der Waals surface area contributed by atoms with Crippen LogP contribution < -0.4 is 0 Å². The molecule has 1 aromatic rings. The van der Waals surface area contributed by atoms with E-state index >= 15 is 0 Å². The smallest absolute Gasteiger partial charge is 0.305 e. The van der Waals surface area contributed by atoms with Crippen LogP contribution in [0.3, 0.4) is 0 Å². The first-order valence-electron chi connectivity index (χ1n) is 7.38. The average Bonchev–Trinajstić information content (AvgIpc) is 3.04. The topological polar surface area (TPSA) is 43.4 Å². The van der Waals surface area contributed by atoms with Crippen molar-refractivity contribution in [2.45, 2.75) is 31.6 Å². The highest BCUT2D eigenvalue weighted by atomic mass is 16.5. The predicted molar refractivity (Wildman–Crippen MR) is 75.1 cm³/mol. The van der Waals surface area contributed by atoms with Gasteiger partial charge in [0.2, 0.25) is 0 Å². The average molecular weight is 272 g/mol. The molecule has 4 atom stereocenters. The highest BCUT2D eigenvalue weighted by Crippen LogP contribution is 2.53. The third kappa shape index (κ3) is 2.15. The Morgan fingerprint density at radius 3 is 2.70 bits per heavy atom. The van der Waals surface area contributed by atoms with Crippen molar-refractivity contribution < 1.29 is 14.3 Å². The van der Waals surface area contributed by atoms with E-state index in [1.165, 1.54) is 7.11 Å². The Kier molecular flexibility index (Phi) is 3.60. The van der Waals surface area contributed by atoms with Crippen LogP contribution in [-0.4, -0.2) is 18.9 Å². The fourth-order valence-corrected chi connectivity index (χ4v) is 4.16. The number of methoxy groups -OCH3 is 1. The van der Waals surface area contributed by atoms with Crippen LogP contribution >= 0.6 is 0 Å². The maximum absolute atomic E-state index is 12.7. The minimum absolute atomic E-state index is 0.116. The standard InChI is InChI=1S/C17H20O3/c1-20-15(18)10-14-12-8-5-9-13(12)17(19)16(14)11-6-3-2-4-7-11/h2-4,6-7,12-14,16H,5,8-10H2,1H3. The van der Waals surface area contributed by atoms with E-state index in [1.54, 1.807) is 0 Å². The molecule has 3 rings (SSSR count). The van der Waals surface area contributed by atoms with E-state index < -0.39 is 0 Å². The molecule has 2 fully saturated rings. The number of rotatable bonds is 3. The molecule has 2 saturated carbocycles. The number of ketones is 1. The molecule has 0 aliphatic heterocycles. The third-order valence-electron chi connectivity index (χ3n) is 5.01. The predicted octanol–water partition coefficient (Wildman–Crippen LogP) is 2.95. The fourth-order valence-electron chi connectivity index (χ4n) is 4.16. The van der Waals surface area contributed by atoms with Gasteiger partial charge in [-0.25, -0.2) is 0 Å². The summed E-state index contributed by atoms with van der Waals surface area (Å²) in [5.74, 6) is 0.668. The van der Waals surface area contributed by atoms with Gasteiger partial charge in [0.1, 0.15) is 5.78 Å². The summed E-state index contributed by atoms with van der Waals surface area (Å²) in [6.07, 6.45) is 3.54. The van der Waals surface area contributed by atoms with Crippen LogP contribution in [0.1, 0.15) is 37.2 Å². The van der Waals surface area contributed by atoms with E-state index in [9.17, 15) is 9.59 Å². The number of esters is 1. The second kappa shape index (κ2) is 5.39. The number of ether oxygens (including phenoxy) is 1. The van der Waals surface area contributed by atoms with Crippen LogP contribution in [-0.2, 0) is 14.3 Å². The molecule has 2 aliphatic carbocycles. The number of carbonyl (C=O) groups is 2. The summed E-state index contributed by atoms with van der Waals surface area (Å²) in [4.78, 5) is 24.4. The highest BCUT2D eigenvalue weighted by molar-refractivity contribution is 5.92. The van der Waals surface area contributed by atoms with Gasteiger partial charge in [-0.15, -0.1) is 0 Å². The second-order valence-electron chi connectivity index (χ2n) is 5.94. The Morgan fingerprint density at radius 1 is 1.25 bits per heavy atom. The Hall–Kier alpha value is -1.64. The molecule has 0 N–H and O–H groups in total. The lowest BCUT2D eigenvalue weighted by molar-refractivity contribution is -0.142. The number of hydrogen-bond donors (Lipinski definition) is 0. The molecule has 3 nitrogen and oxygen atoms in total. The lowest BCUT2D eigenvalue weighted by Crippen LogP contribution is -2.20. The normalized spacial score (nSPS) is 32.1. The number of Topliss-reactive ketones (excluding diaryl/α,β-unsaturated/α-hetero) is 1. The zero-order chi connectivity index (χ0) is 14.1. The lowest BCUT2D eigenvalue weighted by atomic mass is 9.81. The quantitative estimate of drug-likeness (QED) is 0.795. The van der Waals surface area contributed by atoms with Gasteiger partial charge in [-0.1, -0.05) is 36.8 Å². The van der Waals surface area contributed by atoms with Gasteiger partial charge in [0.25, 0.3) is 0 Å². The van der Waals surface area contributed by atoms with Crippen molar-refractivity contribution >= 4 is 11.8 Å². The van der Waals surface area contributed by atoms with Crippen molar-refractivity contribution in [3.8, 4) is 0 Å². The number of benzene rings is 1. The first kappa shape index (κ1) is 13.3. The Morgan fingerprint density at radius 2 is 2.00 bits per heavy atom. The molecule has 0 saturated heterocycles. The molecule has 0 bridgehead atoms. The number of fused-ring (bicyclic) bond motifs is 1. The summed E-state index contributed by atoms with van der Waals surface area (Å²) < 4.78 is 4.83. The highest BCUT2D eigenvalue weighted by Gasteiger charge is 2.52. The minimum Gasteiger partial charge on any atom is -0.469 e. The van der Waals surface area contributed by atoms with Crippen LogP contribution in [0.5, 0.6) is 0 Å². The lowest BCUT2D eigenvalue weighted by Gasteiger charge is -2.22. The van der Waals surface area contributed by atoms with Gasteiger partial charge in [-0.3, -0.25) is 9.59 Å². The molecule has 2 aliphatic rings. The Labute approximate surface area is 119 Å². The molecule has 0 amide bonds. The third-order valence-corrected chi connectivity index (χ3v) is 5.01. The summed E-state index contributed by atoms with van der Waals surface area (Å²) in [6.45, 7) is 0. The van der Waals surface area contributed by atoms with E-state index in [-0.39, 0.29) is 23.7 Å². The molecule has 0 heterocycles. The van der Waals surface area contributed by atoms with Gasteiger partial charge < -0.3 is 4.74 Å². The van der Waals surface area contributed by atoms with Gasteiger partial charge in [-0.05, 0) is 30.2 Å². The largest absolute Gasteiger partial charge is 0.469 e. The zero-order valence-electron chi connectivity index (χ0n) is 11.7. The van der Waals surface area contributed by atoms with Gasteiger partial charge in [0.05, 0.1) is 7.11 Å². The molecule has 4 unspecified atom stereocenters. The molecule has 1 aromatic carbocycles. The zero-order valence-corrected chi connectivity index (χ0v) is 11.7. The summed E-state index contributed by atoms with van der Waals surface area (Å²) in [6, 6.07) is 9.90. The van der Waals surface area contributed by atoms with Crippen LogP contribution in [0.2, 0.25) is 0 Å². The van der Waals surface area contributed by atoms with Crippen molar-refractivity contribution in [3.63, 3.8) is 0 Å². The molecule has 0 radical (unpaired) electrons. The summed E-state index contributed by atoms with van der Waals surface area (Å²) in [5.41, 5.74) is 1.06. The SMILES string of the molecule is COC(=O)CC1C(c2ccccc2)C(=O)C2CCCC21. The first-order valence-corrected chi connectivity index (χ1v) is 7.38. The maximum Gasteiger partial charge on any atom is 0.305 e. The van der Waals surface area contributed by atoms with Crippen LogP contribution in [0.25, 0.3) is 0 Å². The van der Waals surface area contributed by atoms with Crippen LogP contribution in [0, 0.1) is 17.8 Å². The van der Waals surface area contributed by atoms with Crippen LogP contribution in [0.4, 0.5) is 0 Å². The second-order valence-corrected chi connectivity index (χ2v) is 5.94. The molecule has 0 spiro atoms. The summed E-state index contributed by atoms with van der Waals surface area (Å²) in [5, 5.41) is 0. The molecule has 3 heteroatoms. The molecular formula is C17H20O3. The van der Waals surface area contributed by atoms with E-state index in [1.807, 2.05) is 30.3 Å². The molecule has 20 heavy (non-hydrogen) atoms. The van der Waals surface area contributed by atoms with Crippen molar-refractivity contribution in [2.24, 2.45) is 17.8 Å². The van der Waals surface area contributed by atoms with Gasteiger partial charge >= 0.3 is 5.97 Å². The van der Waals surface area contributed by atoms with E-state index in [0.29, 0.717) is 18.1 Å². The monoisotopic (exact) mass is 272 g/mol. The van der Waals surface area contributed by atoms with Gasteiger partial charge in [0.15, 0.2) is 0 Å². The Bertz CT molecular complexity index is 508. The van der Waals surface area contributed by atoms with E-state index in [4.69, 9.17) is 4.74 Å². The van der Waals surface area contributed by atoms with Crippen molar-refractivity contribution in [2.75, 3.05) is 7.11 Å². The number of carbonyl (C=O) groups excluding carboxylic acids is 2. The molecule has 0 aromatic heterocycles. The first-order chi connectivity index (χ1) is 9.72. The van der Waals surface area contributed by atoms with Crippen LogP contribution in [0.15, 0.2) is 30.3 Å². The summed E-state index contributed by atoms with van der Waals surface area (Å²) in [7, 11) is 1.42. The minimum atomic E-state index is -0.198.